The van der Waals surface area contributed by atoms with Gasteiger partial charge in [0.2, 0.25) is 15.9 Å². The average molecular weight is 378 g/mol. The van der Waals surface area contributed by atoms with Crippen LogP contribution in [0.3, 0.4) is 0 Å². The minimum atomic E-state index is -3.87. The Kier molecular flexibility index (Phi) is 6.50. The molecular formula is C19H23FN2O3S. The summed E-state index contributed by atoms with van der Waals surface area (Å²) in [7, 11) is -3.87. The molecule has 26 heavy (non-hydrogen) atoms. The second-order valence-corrected chi connectivity index (χ2v) is 8.15. The van der Waals surface area contributed by atoms with E-state index in [2.05, 4.69) is 19.2 Å². The Morgan fingerprint density at radius 3 is 2.15 bits per heavy atom. The number of hydrogen-bond acceptors (Lipinski definition) is 3. The molecule has 2 aromatic carbocycles. The normalized spacial score (nSPS) is 11.8. The van der Waals surface area contributed by atoms with Crippen molar-refractivity contribution in [3.63, 3.8) is 0 Å². The van der Waals surface area contributed by atoms with E-state index >= 15 is 0 Å². The number of halogens is 1. The molecular weight excluding hydrogens is 355 g/mol. The molecule has 0 radical (unpaired) electrons. The van der Waals surface area contributed by atoms with Gasteiger partial charge in [0, 0.05) is 12.2 Å². The number of benzene rings is 2. The first-order valence-electron chi connectivity index (χ1n) is 8.39. The maximum Gasteiger partial charge on any atom is 0.243 e. The zero-order valence-electron chi connectivity index (χ0n) is 15.1. The molecule has 0 spiro atoms. The van der Waals surface area contributed by atoms with Crippen molar-refractivity contribution in [1.82, 2.24) is 4.31 Å². The molecule has 0 fully saturated rings. The van der Waals surface area contributed by atoms with Crippen LogP contribution in [0.1, 0.15) is 32.3 Å². The molecule has 140 valence electrons. The number of carbonyl (C=O) groups excluding carboxylic acids is 1. The summed E-state index contributed by atoms with van der Waals surface area (Å²) in [6.45, 7) is 5.60. The number of carbonyl (C=O) groups is 1. The molecule has 1 amide bonds. The van der Waals surface area contributed by atoms with Crippen molar-refractivity contribution >= 4 is 21.6 Å². The van der Waals surface area contributed by atoms with Gasteiger partial charge in [0.1, 0.15) is 5.82 Å². The molecule has 0 atom stereocenters. The van der Waals surface area contributed by atoms with Crippen LogP contribution in [-0.2, 0) is 14.8 Å². The van der Waals surface area contributed by atoms with Crippen molar-refractivity contribution in [3.8, 4) is 0 Å². The van der Waals surface area contributed by atoms with E-state index in [1.54, 1.807) is 19.1 Å². The van der Waals surface area contributed by atoms with Crippen molar-refractivity contribution < 1.29 is 17.6 Å². The van der Waals surface area contributed by atoms with Gasteiger partial charge in [0.25, 0.3) is 0 Å². The molecule has 0 saturated carbocycles. The number of hydrogen-bond donors (Lipinski definition) is 1. The lowest BCUT2D eigenvalue weighted by Gasteiger charge is -2.20. The number of nitrogens with one attached hydrogen (secondary N) is 1. The second-order valence-electron chi connectivity index (χ2n) is 6.21. The summed E-state index contributed by atoms with van der Waals surface area (Å²) in [4.78, 5) is 12.2. The van der Waals surface area contributed by atoms with Gasteiger partial charge in [-0.1, -0.05) is 32.9 Å². The van der Waals surface area contributed by atoms with Crippen molar-refractivity contribution in [2.24, 2.45) is 0 Å². The monoisotopic (exact) mass is 378 g/mol. The van der Waals surface area contributed by atoms with Crippen molar-refractivity contribution in [3.05, 3.63) is 59.9 Å². The first-order chi connectivity index (χ1) is 12.2. The first kappa shape index (κ1) is 20.1. The number of anilines is 1. The van der Waals surface area contributed by atoms with Crippen molar-refractivity contribution in [2.75, 3.05) is 18.4 Å². The Balaban J connectivity index is 2.08. The van der Waals surface area contributed by atoms with E-state index in [9.17, 15) is 17.6 Å². The fourth-order valence-electron chi connectivity index (χ4n) is 2.43. The lowest BCUT2D eigenvalue weighted by Crippen LogP contribution is -2.37. The minimum absolute atomic E-state index is 0.0464. The SMILES string of the molecule is CCN(CC(=O)Nc1ccc(C(C)C)cc1)S(=O)(=O)c1ccc(F)cc1. The highest BCUT2D eigenvalue weighted by atomic mass is 32.2. The number of rotatable bonds is 7. The summed E-state index contributed by atoms with van der Waals surface area (Å²) in [6.07, 6.45) is 0. The third-order valence-corrected chi connectivity index (χ3v) is 5.92. The van der Waals surface area contributed by atoms with E-state index in [0.717, 1.165) is 22.0 Å². The number of amides is 1. The molecule has 2 aromatic rings. The van der Waals surface area contributed by atoms with Crippen LogP contribution in [-0.4, -0.2) is 31.7 Å². The van der Waals surface area contributed by atoms with Gasteiger partial charge in [-0.05, 0) is 47.9 Å². The molecule has 0 aliphatic carbocycles. The Morgan fingerprint density at radius 2 is 1.65 bits per heavy atom. The molecule has 0 aliphatic rings. The topological polar surface area (TPSA) is 66.5 Å². The largest absolute Gasteiger partial charge is 0.325 e. The molecule has 0 saturated heterocycles. The lowest BCUT2D eigenvalue weighted by atomic mass is 10.0. The third kappa shape index (κ3) is 4.89. The molecule has 0 bridgehead atoms. The average Bonchev–Trinajstić information content (AvgIpc) is 2.60. The van der Waals surface area contributed by atoms with Gasteiger partial charge in [-0.25, -0.2) is 12.8 Å². The summed E-state index contributed by atoms with van der Waals surface area (Å²) in [5.74, 6) is -0.569. The standard InChI is InChI=1S/C19H23FN2O3S/c1-4-22(26(24,25)18-11-7-16(20)8-12-18)13-19(23)21-17-9-5-15(6-10-17)14(2)3/h5-12,14H,4,13H2,1-3H3,(H,21,23). The van der Waals surface area contributed by atoms with Crippen LogP contribution >= 0.6 is 0 Å². The number of nitrogens with zero attached hydrogens (tertiary/aromatic N) is 1. The highest BCUT2D eigenvalue weighted by Crippen LogP contribution is 2.18. The first-order valence-corrected chi connectivity index (χ1v) is 9.83. The van der Waals surface area contributed by atoms with Crippen LogP contribution in [0.2, 0.25) is 0 Å². The van der Waals surface area contributed by atoms with Crippen LogP contribution < -0.4 is 5.32 Å². The molecule has 0 unspecified atom stereocenters. The van der Waals surface area contributed by atoms with E-state index in [-0.39, 0.29) is 18.0 Å². The van der Waals surface area contributed by atoms with Crippen LogP contribution in [0.25, 0.3) is 0 Å². The Labute approximate surface area is 153 Å². The highest BCUT2D eigenvalue weighted by molar-refractivity contribution is 7.89. The zero-order valence-corrected chi connectivity index (χ0v) is 15.9. The van der Waals surface area contributed by atoms with E-state index in [0.29, 0.717) is 11.6 Å². The molecule has 0 aliphatic heterocycles. The van der Waals surface area contributed by atoms with E-state index in [4.69, 9.17) is 0 Å². The lowest BCUT2D eigenvalue weighted by molar-refractivity contribution is -0.116. The predicted octanol–water partition coefficient (Wildman–Crippen LogP) is 3.60. The predicted molar refractivity (Wildman–Crippen MR) is 100.0 cm³/mol. The maximum absolute atomic E-state index is 13.0. The number of likely N-dealkylation sites (N-methyl/N-ethyl adjacent to an activating group) is 1. The Hall–Kier alpha value is -2.25. The van der Waals surface area contributed by atoms with Crippen molar-refractivity contribution in [2.45, 2.75) is 31.6 Å². The van der Waals surface area contributed by atoms with Gasteiger partial charge in [-0.15, -0.1) is 0 Å². The smallest absolute Gasteiger partial charge is 0.243 e. The molecule has 7 heteroatoms. The maximum atomic E-state index is 13.0. The second kappa shape index (κ2) is 8.42. The minimum Gasteiger partial charge on any atom is -0.325 e. The summed E-state index contributed by atoms with van der Waals surface area (Å²) in [5, 5.41) is 2.70. The highest BCUT2D eigenvalue weighted by Gasteiger charge is 2.25. The van der Waals surface area contributed by atoms with Gasteiger partial charge in [0.15, 0.2) is 0 Å². The van der Waals surface area contributed by atoms with E-state index < -0.39 is 21.7 Å². The summed E-state index contributed by atoms with van der Waals surface area (Å²) in [6, 6.07) is 12.0. The third-order valence-electron chi connectivity index (χ3n) is 3.99. The molecule has 5 nitrogen and oxygen atoms in total. The van der Waals surface area contributed by atoms with Crippen LogP contribution in [0.5, 0.6) is 0 Å². The quantitative estimate of drug-likeness (QED) is 0.801. The van der Waals surface area contributed by atoms with Crippen LogP contribution in [0.15, 0.2) is 53.4 Å². The fourth-order valence-corrected chi connectivity index (χ4v) is 3.84. The van der Waals surface area contributed by atoms with Crippen LogP contribution in [0, 0.1) is 5.82 Å². The Morgan fingerprint density at radius 1 is 1.08 bits per heavy atom. The molecule has 0 heterocycles. The van der Waals surface area contributed by atoms with Gasteiger partial charge in [0.05, 0.1) is 11.4 Å². The van der Waals surface area contributed by atoms with E-state index in [1.807, 2.05) is 12.1 Å². The summed E-state index contributed by atoms with van der Waals surface area (Å²) < 4.78 is 39.3. The van der Waals surface area contributed by atoms with Gasteiger partial charge in [-0.3, -0.25) is 4.79 Å². The van der Waals surface area contributed by atoms with E-state index in [1.165, 1.54) is 12.1 Å². The Bertz CT molecular complexity index is 847. The summed E-state index contributed by atoms with van der Waals surface area (Å²) in [5.41, 5.74) is 1.76. The van der Waals surface area contributed by atoms with Crippen molar-refractivity contribution in [1.29, 1.82) is 0 Å². The fraction of sp³-hybridized carbons (Fsp3) is 0.316. The van der Waals surface area contributed by atoms with Gasteiger partial charge < -0.3 is 5.32 Å². The zero-order chi connectivity index (χ0) is 19.3. The molecule has 0 aromatic heterocycles. The van der Waals surface area contributed by atoms with Gasteiger partial charge in [-0.2, -0.15) is 4.31 Å². The van der Waals surface area contributed by atoms with Crippen LogP contribution in [0.4, 0.5) is 10.1 Å². The molecule has 2 rings (SSSR count). The van der Waals surface area contributed by atoms with Gasteiger partial charge >= 0.3 is 0 Å². The number of sulfonamides is 1. The summed E-state index contributed by atoms with van der Waals surface area (Å²) >= 11 is 0. The molecule has 1 N–H and O–H groups in total.